The van der Waals surface area contributed by atoms with Crippen molar-refractivity contribution >= 4 is 16.7 Å². The van der Waals surface area contributed by atoms with Crippen LogP contribution in [0.2, 0.25) is 0 Å². The van der Waals surface area contributed by atoms with Gasteiger partial charge in [0.1, 0.15) is 18.2 Å². The van der Waals surface area contributed by atoms with Crippen molar-refractivity contribution in [3.05, 3.63) is 41.8 Å². The zero-order chi connectivity index (χ0) is 16.7. The van der Waals surface area contributed by atoms with Gasteiger partial charge in [0.2, 0.25) is 5.89 Å². The van der Waals surface area contributed by atoms with Crippen LogP contribution >= 0.6 is 0 Å². The maximum atomic E-state index is 5.58. The van der Waals surface area contributed by atoms with Crippen molar-refractivity contribution in [3.8, 4) is 0 Å². The van der Waals surface area contributed by atoms with E-state index in [1.54, 1.807) is 13.4 Å². The molecule has 0 radical (unpaired) electrons. The number of aromatic nitrogens is 4. The van der Waals surface area contributed by atoms with E-state index in [0.717, 1.165) is 35.2 Å². The topological polar surface area (TPSA) is 77.2 Å². The number of benzene rings is 1. The summed E-state index contributed by atoms with van der Waals surface area (Å²) in [6.45, 7) is 4.60. The van der Waals surface area contributed by atoms with Gasteiger partial charge in [0.15, 0.2) is 5.82 Å². The van der Waals surface area contributed by atoms with Crippen LogP contribution in [0.5, 0.6) is 0 Å². The van der Waals surface area contributed by atoms with E-state index < -0.39 is 0 Å². The first-order valence-electron chi connectivity index (χ1n) is 7.97. The fraction of sp³-hybridized carbons (Fsp3) is 0.412. The van der Waals surface area contributed by atoms with Crippen molar-refractivity contribution in [1.29, 1.82) is 0 Å². The Morgan fingerprint density at radius 1 is 1.25 bits per heavy atom. The number of aryl methyl sites for hydroxylation is 2. The fourth-order valence-corrected chi connectivity index (χ4v) is 3.34. The quantitative estimate of drug-likeness (QED) is 0.732. The number of nitrogens with zero attached hydrogens (tertiary/aromatic N) is 5. The molecule has 3 aromatic rings. The Kier molecular flexibility index (Phi) is 3.65. The van der Waals surface area contributed by atoms with Crippen LogP contribution in [-0.2, 0) is 4.74 Å². The molecule has 1 fully saturated rings. The van der Waals surface area contributed by atoms with Gasteiger partial charge in [-0.3, -0.25) is 0 Å². The summed E-state index contributed by atoms with van der Waals surface area (Å²) in [7, 11) is 1.73. The molecular formula is C17H19N5O2. The third kappa shape index (κ3) is 2.41. The predicted molar refractivity (Wildman–Crippen MR) is 88.8 cm³/mol. The minimum absolute atomic E-state index is 0.0465. The lowest BCUT2D eigenvalue weighted by atomic mass is 10.1. The number of hydrogen-bond donors (Lipinski definition) is 0. The highest BCUT2D eigenvalue weighted by molar-refractivity contribution is 5.91. The van der Waals surface area contributed by atoms with Crippen LogP contribution in [0.1, 0.15) is 29.7 Å². The summed E-state index contributed by atoms with van der Waals surface area (Å²) < 4.78 is 11.0. The van der Waals surface area contributed by atoms with Gasteiger partial charge in [-0.1, -0.05) is 17.3 Å². The Bertz CT molecular complexity index is 878. The molecule has 1 aliphatic heterocycles. The number of methoxy groups -OCH3 is 1. The molecule has 24 heavy (non-hydrogen) atoms. The molecule has 2 aromatic heterocycles. The Morgan fingerprint density at radius 3 is 2.88 bits per heavy atom. The van der Waals surface area contributed by atoms with Crippen molar-refractivity contribution in [2.45, 2.75) is 32.4 Å². The number of para-hydroxylation sites is 1. The summed E-state index contributed by atoms with van der Waals surface area (Å²) in [5, 5.41) is 4.95. The summed E-state index contributed by atoms with van der Waals surface area (Å²) in [6.07, 6.45) is 2.49. The van der Waals surface area contributed by atoms with E-state index in [-0.39, 0.29) is 12.1 Å². The molecule has 1 saturated heterocycles. The van der Waals surface area contributed by atoms with Gasteiger partial charge in [0.05, 0.1) is 11.6 Å². The zero-order valence-corrected chi connectivity index (χ0v) is 13.9. The van der Waals surface area contributed by atoms with Gasteiger partial charge < -0.3 is 14.2 Å². The molecule has 7 heteroatoms. The van der Waals surface area contributed by atoms with Crippen molar-refractivity contribution < 1.29 is 9.26 Å². The van der Waals surface area contributed by atoms with Crippen LogP contribution in [0, 0.1) is 13.8 Å². The molecule has 0 bridgehead atoms. The van der Waals surface area contributed by atoms with E-state index >= 15 is 0 Å². The van der Waals surface area contributed by atoms with Crippen molar-refractivity contribution in [3.63, 3.8) is 0 Å². The van der Waals surface area contributed by atoms with E-state index in [1.165, 1.54) is 0 Å². The van der Waals surface area contributed by atoms with E-state index in [2.05, 4.69) is 38.0 Å². The Hall–Kier alpha value is -2.54. The summed E-state index contributed by atoms with van der Waals surface area (Å²) in [5.74, 6) is 2.12. The molecule has 1 aromatic carbocycles. The van der Waals surface area contributed by atoms with Crippen LogP contribution < -0.4 is 4.90 Å². The largest absolute Gasteiger partial charge is 0.380 e. The van der Waals surface area contributed by atoms with Crippen molar-refractivity contribution in [2.75, 3.05) is 18.6 Å². The number of fused-ring (bicyclic) bond motifs is 1. The third-order valence-corrected chi connectivity index (χ3v) is 4.54. The number of rotatable bonds is 3. The maximum Gasteiger partial charge on any atom is 0.249 e. The molecule has 1 aliphatic rings. The molecule has 124 valence electrons. The monoisotopic (exact) mass is 325 g/mol. The Balaban J connectivity index is 1.83. The van der Waals surface area contributed by atoms with Gasteiger partial charge in [-0.25, -0.2) is 9.97 Å². The van der Waals surface area contributed by atoms with Gasteiger partial charge in [0, 0.05) is 25.5 Å². The highest BCUT2D eigenvalue weighted by atomic mass is 16.5. The van der Waals surface area contributed by atoms with Crippen LogP contribution in [0.4, 0.5) is 5.82 Å². The fourth-order valence-electron chi connectivity index (χ4n) is 3.34. The normalized spacial score (nSPS) is 20.9. The van der Waals surface area contributed by atoms with E-state index in [1.807, 2.05) is 19.1 Å². The molecule has 7 nitrogen and oxygen atoms in total. The second-order valence-corrected chi connectivity index (χ2v) is 6.11. The number of ether oxygens (including phenoxy) is 1. The lowest BCUT2D eigenvalue weighted by Gasteiger charge is -2.24. The Morgan fingerprint density at radius 2 is 2.12 bits per heavy atom. The van der Waals surface area contributed by atoms with Gasteiger partial charge in [-0.2, -0.15) is 4.98 Å². The minimum Gasteiger partial charge on any atom is -0.380 e. The first-order valence-corrected chi connectivity index (χ1v) is 7.97. The Labute approximate surface area is 139 Å². The first-order chi connectivity index (χ1) is 11.7. The summed E-state index contributed by atoms with van der Waals surface area (Å²) in [4.78, 5) is 15.6. The van der Waals surface area contributed by atoms with Crippen LogP contribution in [0.25, 0.3) is 10.9 Å². The van der Waals surface area contributed by atoms with Crippen molar-refractivity contribution in [1.82, 2.24) is 20.1 Å². The van der Waals surface area contributed by atoms with Gasteiger partial charge in [0.25, 0.3) is 0 Å². The molecule has 2 atom stereocenters. The smallest absolute Gasteiger partial charge is 0.249 e. The van der Waals surface area contributed by atoms with Crippen LogP contribution in [0.15, 0.2) is 29.0 Å². The first kappa shape index (κ1) is 15.0. The number of hydrogen-bond acceptors (Lipinski definition) is 7. The highest BCUT2D eigenvalue weighted by Crippen LogP contribution is 2.38. The summed E-state index contributed by atoms with van der Waals surface area (Å²) in [5.41, 5.74) is 2.09. The summed E-state index contributed by atoms with van der Waals surface area (Å²) >= 11 is 0. The average Bonchev–Trinajstić information content (AvgIpc) is 3.20. The predicted octanol–water partition coefficient (Wildman–Crippen LogP) is 2.60. The second-order valence-electron chi connectivity index (χ2n) is 6.11. The molecule has 0 saturated carbocycles. The third-order valence-electron chi connectivity index (χ3n) is 4.54. The number of anilines is 1. The van der Waals surface area contributed by atoms with Crippen LogP contribution in [-0.4, -0.2) is 39.9 Å². The SMILES string of the molecule is CO[C@@H]1C[C@H](c2nc(C)no2)N(c2ncnc3c(C)cccc23)C1. The molecular weight excluding hydrogens is 306 g/mol. The van der Waals surface area contributed by atoms with E-state index in [9.17, 15) is 0 Å². The van der Waals surface area contributed by atoms with Gasteiger partial charge in [-0.15, -0.1) is 0 Å². The molecule has 3 heterocycles. The second kappa shape index (κ2) is 5.83. The van der Waals surface area contributed by atoms with Gasteiger partial charge in [-0.05, 0) is 25.5 Å². The molecule has 0 unspecified atom stereocenters. The summed E-state index contributed by atoms with van der Waals surface area (Å²) in [6, 6.07) is 6.09. The average molecular weight is 325 g/mol. The highest BCUT2D eigenvalue weighted by Gasteiger charge is 2.38. The lowest BCUT2D eigenvalue weighted by Crippen LogP contribution is -2.26. The molecule has 0 amide bonds. The molecule has 0 N–H and O–H groups in total. The minimum atomic E-state index is -0.0465. The molecule has 0 aliphatic carbocycles. The van der Waals surface area contributed by atoms with E-state index in [0.29, 0.717) is 11.7 Å². The lowest BCUT2D eigenvalue weighted by molar-refractivity contribution is 0.117. The van der Waals surface area contributed by atoms with Crippen molar-refractivity contribution in [2.24, 2.45) is 0 Å². The standard InChI is InChI=1S/C17H19N5O2/c1-10-5-4-6-13-15(10)18-9-19-16(13)22-8-12(23-3)7-14(22)17-20-11(2)21-24-17/h4-6,9,12,14H,7-8H2,1-3H3/t12-,14-/m1/s1. The van der Waals surface area contributed by atoms with E-state index in [4.69, 9.17) is 9.26 Å². The van der Waals surface area contributed by atoms with Gasteiger partial charge >= 0.3 is 0 Å². The maximum absolute atomic E-state index is 5.58. The molecule has 4 rings (SSSR count). The van der Waals surface area contributed by atoms with Crippen LogP contribution in [0.3, 0.4) is 0 Å². The zero-order valence-electron chi connectivity index (χ0n) is 13.9. The molecule has 0 spiro atoms.